The fourth-order valence-corrected chi connectivity index (χ4v) is 3.10. The third-order valence-electron chi connectivity index (χ3n) is 4.24. The van der Waals surface area contributed by atoms with Crippen molar-refractivity contribution in [2.24, 2.45) is 0 Å². The molecule has 3 rings (SSSR count). The number of anilines is 2. The molecule has 2 heterocycles. The highest BCUT2D eigenvalue weighted by Gasteiger charge is 2.25. The summed E-state index contributed by atoms with van der Waals surface area (Å²) in [5.74, 6) is 0. The average molecular weight is 281 g/mol. The number of pyridine rings is 1. The number of hydrogen-bond donors (Lipinski definition) is 1. The summed E-state index contributed by atoms with van der Waals surface area (Å²) in [4.78, 5) is 6.82. The molecule has 1 aromatic carbocycles. The lowest BCUT2D eigenvalue weighted by Crippen LogP contribution is -2.34. The number of hydrogen-bond acceptors (Lipinski definition) is 3. The topological polar surface area (TPSA) is 28.2 Å². The van der Waals surface area contributed by atoms with Gasteiger partial charge in [-0.3, -0.25) is 4.98 Å². The van der Waals surface area contributed by atoms with Gasteiger partial charge in [0.1, 0.15) is 0 Å². The van der Waals surface area contributed by atoms with Crippen molar-refractivity contribution >= 4 is 11.4 Å². The predicted octanol–water partition coefficient (Wildman–Crippen LogP) is 3.66. The molecule has 110 valence electrons. The molecule has 1 aliphatic heterocycles. The van der Waals surface area contributed by atoms with Gasteiger partial charge in [0.05, 0.1) is 11.9 Å². The average Bonchev–Trinajstić information content (AvgIpc) is 2.53. The van der Waals surface area contributed by atoms with Crippen LogP contribution in [0.15, 0.2) is 42.7 Å². The Bertz CT molecular complexity index is 609. The smallest absolute Gasteiger partial charge is 0.0645 e. The molecular formula is C18H23N3. The van der Waals surface area contributed by atoms with Crippen LogP contribution in [0.5, 0.6) is 0 Å². The Morgan fingerprint density at radius 3 is 2.95 bits per heavy atom. The van der Waals surface area contributed by atoms with Crippen LogP contribution in [0.4, 0.5) is 11.4 Å². The largest absolute Gasteiger partial charge is 0.337 e. The second-order valence-corrected chi connectivity index (χ2v) is 5.67. The van der Waals surface area contributed by atoms with Gasteiger partial charge in [0.25, 0.3) is 0 Å². The van der Waals surface area contributed by atoms with Crippen molar-refractivity contribution in [2.75, 3.05) is 11.4 Å². The first-order chi connectivity index (χ1) is 10.3. The molecule has 2 aromatic rings. The molecule has 3 nitrogen and oxygen atoms in total. The summed E-state index contributed by atoms with van der Waals surface area (Å²) in [5, 5.41) is 3.43. The number of fused-ring (bicyclic) bond motifs is 1. The first kappa shape index (κ1) is 14.1. The fourth-order valence-electron chi connectivity index (χ4n) is 3.10. The third-order valence-corrected chi connectivity index (χ3v) is 4.24. The molecule has 1 aromatic heterocycles. The number of para-hydroxylation sites is 1. The van der Waals surface area contributed by atoms with E-state index in [4.69, 9.17) is 0 Å². The summed E-state index contributed by atoms with van der Waals surface area (Å²) in [6.45, 7) is 6.31. The monoisotopic (exact) mass is 281 g/mol. The van der Waals surface area contributed by atoms with Crippen molar-refractivity contribution in [3.05, 3.63) is 53.9 Å². The maximum Gasteiger partial charge on any atom is 0.0645 e. The Morgan fingerprint density at radius 1 is 1.24 bits per heavy atom. The lowest BCUT2D eigenvalue weighted by Gasteiger charge is -2.38. The van der Waals surface area contributed by atoms with Crippen LogP contribution < -0.4 is 10.2 Å². The number of benzene rings is 1. The van der Waals surface area contributed by atoms with E-state index in [1.807, 2.05) is 12.4 Å². The van der Waals surface area contributed by atoms with Crippen LogP contribution in [-0.4, -0.2) is 17.6 Å². The molecule has 1 atom stereocenters. The molecule has 21 heavy (non-hydrogen) atoms. The van der Waals surface area contributed by atoms with Gasteiger partial charge in [-0.15, -0.1) is 0 Å². The molecule has 0 amide bonds. The van der Waals surface area contributed by atoms with Crippen molar-refractivity contribution in [1.82, 2.24) is 10.3 Å². The minimum absolute atomic E-state index is 0.504. The van der Waals surface area contributed by atoms with Crippen LogP contribution in [0.2, 0.25) is 0 Å². The van der Waals surface area contributed by atoms with Crippen LogP contribution in [0.3, 0.4) is 0 Å². The molecule has 0 bridgehead atoms. The zero-order valence-corrected chi connectivity index (χ0v) is 12.8. The van der Waals surface area contributed by atoms with Crippen LogP contribution in [0, 0.1) is 0 Å². The quantitative estimate of drug-likeness (QED) is 0.927. The molecule has 0 spiro atoms. The summed E-state index contributed by atoms with van der Waals surface area (Å²) in [7, 11) is 0. The molecule has 1 aliphatic rings. The van der Waals surface area contributed by atoms with Crippen molar-refractivity contribution < 1.29 is 0 Å². The molecule has 1 N–H and O–H groups in total. The number of rotatable bonds is 4. The second-order valence-electron chi connectivity index (χ2n) is 5.67. The SMILES string of the molecule is CCNCc1ccncc1N1c2ccccc2CCC1C. The van der Waals surface area contributed by atoms with E-state index in [1.165, 1.54) is 28.9 Å². The molecular weight excluding hydrogens is 258 g/mol. The highest BCUT2D eigenvalue weighted by atomic mass is 15.2. The van der Waals surface area contributed by atoms with Gasteiger partial charge in [-0.25, -0.2) is 0 Å². The molecule has 0 saturated heterocycles. The third kappa shape index (κ3) is 2.79. The van der Waals surface area contributed by atoms with Crippen LogP contribution in [0.1, 0.15) is 31.4 Å². The summed E-state index contributed by atoms with van der Waals surface area (Å²) in [6.07, 6.45) is 6.24. The van der Waals surface area contributed by atoms with Gasteiger partial charge in [-0.1, -0.05) is 25.1 Å². The Balaban J connectivity index is 2.03. The lowest BCUT2D eigenvalue weighted by atomic mass is 9.95. The number of nitrogens with zero attached hydrogens (tertiary/aromatic N) is 2. The Hall–Kier alpha value is -1.87. The Labute approximate surface area is 127 Å². The number of nitrogens with one attached hydrogen (secondary N) is 1. The van der Waals surface area contributed by atoms with Gasteiger partial charge in [0.2, 0.25) is 0 Å². The highest BCUT2D eigenvalue weighted by Crippen LogP contribution is 2.37. The zero-order chi connectivity index (χ0) is 14.7. The minimum atomic E-state index is 0.504. The summed E-state index contributed by atoms with van der Waals surface area (Å²) >= 11 is 0. The van der Waals surface area contributed by atoms with Crippen molar-refractivity contribution in [1.29, 1.82) is 0 Å². The summed E-state index contributed by atoms with van der Waals surface area (Å²) in [5.41, 5.74) is 5.32. The predicted molar refractivity (Wildman–Crippen MR) is 88.0 cm³/mol. The van der Waals surface area contributed by atoms with E-state index in [0.29, 0.717) is 6.04 Å². The molecule has 0 radical (unpaired) electrons. The van der Waals surface area contributed by atoms with E-state index < -0.39 is 0 Å². The van der Waals surface area contributed by atoms with Gasteiger partial charge in [-0.05, 0) is 49.6 Å². The first-order valence-corrected chi connectivity index (χ1v) is 7.82. The zero-order valence-electron chi connectivity index (χ0n) is 12.8. The van der Waals surface area contributed by atoms with Gasteiger partial charge >= 0.3 is 0 Å². The molecule has 3 heteroatoms. The molecule has 0 saturated carbocycles. The second kappa shape index (κ2) is 6.27. The van der Waals surface area contributed by atoms with E-state index in [-0.39, 0.29) is 0 Å². The maximum atomic E-state index is 4.37. The lowest BCUT2D eigenvalue weighted by molar-refractivity contribution is 0.613. The van der Waals surface area contributed by atoms with E-state index in [9.17, 15) is 0 Å². The van der Waals surface area contributed by atoms with Crippen LogP contribution >= 0.6 is 0 Å². The van der Waals surface area contributed by atoms with E-state index >= 15 is 0 Å². The highest BCUT2D eigenvalue weighted by molar-refractivity contribution is 5.70. The normalized spacial score (nSPS) is 17.6. The van der Waals surface area contributed by atoms with Crippen molar-refractivity contribution in [3.8, 4) is 0 Å². The van der Waals surface area contributed by atoms with Crippen molar-refractivity contribution in [3.63, 3.8) is 0 Å². The van der Waals surface area contributed by atoms with Gasteiger partial charge in [0.15, 0.2) is 0 Å². The fraction of sp³-hybridized carbons (Fsp3) is 0.389. The van der Waals surface area contributed by atoms with E-state index in [2.05, 4.69) is 59.4 Å². The van der Waals surface area contributed by atoms with Gasteiger partial charge in [-0.2, -0.15) is 0 Å². The van der Waals surface area contributed by atoms with Crippen molar-refractivity contribution in [2.45, 2.75) is 39.3 Å². The van der Waals surface area contributed by atoms with Gasteiger partial charge < -0.3 is 10.2 Å². The number of aryl methyl sites for hydroxylation is 1. The number of aromatic nitrogens is 1. The Morgan fingerprint density at radius 2 is 2.10 bits per heavy atom. The summed E-state index contributed by atoms with van der Waals surface area (Å²) < 4.78 is 0. The molecule has 0 fully saturated rings. The first-order valence-electron chi connectivity index (χ1n) is 7.82. The summed E-state index contributed by atoms with van der Waals surface area (Å²) in [6, 6.07) is 11.4. The minimum Gasteiger partial charge on any atom is -0.337 e. The van der Waals surface area contributed by atoms with E-state index in [1.54, 1.807) is 0 Å². The standard InChI is InChI=1S/C18H23N3/c1-3-19-12-16-10-11-20-13-18(16)21-14(2)8-9-15-6-4-5-7-17(15)21/h4-7,10-11,13-14,19H,3,8-9,12H2,1-2H3. The molecule has 0 aliphatic carbocycles. The van der Waals surface area contributed by atoms with Crippen LogP contribution in [-0.2, 0) is 13.0 Å². The molecule has 1 unspecified atom stereocenters. The van der Waals surface area contributed by atoms with Crippen LogP contribution in [0.25, 0.3) is 0 Å². The van der Waals surface area contributed by atoms with Gasteiger partial charge in [0, 0.05) is 24.5 Å². The Kier molecular flexibility index (Phi) is 4.20. The maximum absolute atomic E-state index is 4.37. The van der Waals surface area contributed by atoms with E-state index in [0.717, 1.165) is 19.5 Å².